The Morgan fingerprint density at radius 1 is 1.58 bits per heavy atom. The molecule has 1 amide bonds. The van der Waals surface area contributed by atoms with Gasteiger partial charge in [0.15, 0.2) is 12.2 Å². The van der Waals surface area contributed by atoms with Crippen LogP contribution in [-0.4, -0.2) is 36.7 Å². The summed E-state index contributed by atoms with van der Waals surface area (Å²) in [5.41, 5.74) is -0.394. The second kappa shape index (κ2) is 7.25. The Kier molecular flexibility index (Phi) is 5.98. The molecule has 0 radical (unpaired) electrons. The number of aliphatic hydroxyl groups is 1. The van der Waals surface area contributed by atoms with E-state index in [2.05, 4.69) is 5.32 Å². The second-order valence-electron chi connectivity index (χ2n) is 5.20. The van der Waals surface area contributed by atoms with E-state index < -0.39 is 5.41 Å². The van der Waals surface area contributed by atoms with Gasteiger partial charge in [-0.05, 0) is 19.3 Å². The predicted molar refractivity (Wildman–Crippen MR) is 71.0 cm³/mol. The highest BCUT2D eigenvalue weighted by Crippen LogP contribution is 2.22. The lowest BCUT2D eigenvalue weighted by atomic mass is 9.88. The summed E-state index contributed by atoms with van der Waals surface area (Å²) in [5, 5.41) is 19.3. The molecule has 0 bridgehead atoms. The van der Waals surface area contributed by atoms with E-state index in [0.717, 1.165) is 19.3 Å². The molecule has 6 heteroatoms. The van der Waals surface area contributed by atoms with Crippen molar-refractivity contribution in [2.75, 3.05) is 13.2 Å². The monoisotopic (exact) mass is 270 g/mol. The van der Waals surface area contributed by atoms with E-state index in [9.17, 15) is 9.90 Å². The van der Waals surface area contributed by atoms with E-state index in [4.69, 9.17) is 14.9 Å². The molecule has 0 aromatic carbocycles. The number of allylic oxidation sites excluding steroid dienone is 1. The Balaban J connectivity index is 2.47. The number of carbonyl (C=O) groups excluding carboxylic acids is 1. The smallest absolute Gasteiger partial charge is 0.213 e. The lowest BCUT2D eigenvalue weighted by Gasteiger charge is -2.29. The average molecular weight is 270 g/mol. The van der Waals surface area contributed by atoms with Gasteiger partial charge in [0.05, 0.1) is 6.61 Å². The van der Waals surface area contributed by atoms with Gasteiger partial charge in [-0.15, -0.1) is 0 Å². The maximum absolute atomic E-state index is 10.2. The van der Waals surface area contributed by atoms with E-state index in [-0.39, 0.29) is 17.9 Å². The summed E-state index contributed by atoms with van der Waals surface area (Å²) in [5.74, 6) is -0.345. The zero-order valence-electron chi connectivity index (χ0n) is 11.4. The fourth-order valence-electron chi connectivity index (χ4n) is 1.66. The van der Waals surface area contributed by atoms with Crippen LogP contribution in [0.2, 0.25) is 0 Å². The van der Waals surface area contributed by atoms with Gasteiger partial charge in [-0.1, -0.05) is 13.8 Å². The molecule has 0 saturated carbocycles. The number of amides is 1. The van der Waals surface area contributed by atoms with Gasteiger partial charge >= 0.3 is 0 Å². The van der Waals surface area contributed by atoms with Crippen molar-refractivity contribution < 1.29 is 19.4 Å². The van der Waals surface area contributed by atoms with Crippen LogP contribution in [0, 0.1) is 10.8 Å². The maximum atomic E-state index is 10.2. The molecule has 3 N–H and O–H groups in total. The highest BCUT2D eigenvalue weighted by atomic mass is 16.7. The highest BCUT2D eigenvalue weighted by Gasteiger charge is 2.26. The first-order valence-corrected chi connectivity index (χ1v) is 6.39. The molecule has 1 aliphatic heterocycles. The van der Waals surface area contributed by atoms with Crippen LogP contribution in [0.5, 0.6) is 0 Å². The lowest BCUT2D eigenvalue weighted by molar-refractivity contribution is -0.171. The molecule has 0 spiro atoms. The SMILES string of the molecule is CC(C)(COC1CCCCO1)C(=N)/C=C(\O)NC=O. The van der Waals surface area contributed by atoms with Gasteiger partial charge in [0, 0.05) is 23.8 Å². The van der Waals surface area contributed by atoms with Gasteiger partial charge in [0.2, 0.25) is 6.41 Å². The van der Waals surface area contributed by atoms with E-state index in [0.29, 0.717) is 19.6 Å². The third-order valence-corrected chi connectivity index (χ3v) is 2.98. The van der Waals surface area contributed by atoms with Crippen LogP contribution in [-0.2, 0) is 14.3 Å². The van der Waals surface area contributed by atoms with Crippen molar-refractivity contribution in [3.05, 3.63) is 12.0 Å². The average Bonchev–Trinajstić information content (AvgIpc) is 2.38. The van der Waals surface area contributed by atoms with Crippen LogP contribution >= 0.6 is 0 Å². The Morgan fingerprint density at radius 2 is 2.32 bits per heavy atom. The number of hydrogen-bond acceptors (Lipinski definition) is 5. The first-order chi connectivity index (χ1) is 8.95. The van der Waals surface area contributed by atoms with Gasteiger partial charge in [-0.25, -0.2) is 0 Å². The fraction of sp³-hybridized carbons (Fsp3) is 0.692. The van der Waals surface area contributed by atoms with E-state index >= 15 is 0 Å². The second-order valence-corrected chi connectivity index (χ2v) is 5.20. The van der Waals surface area contributed by atoms with Gasteiger partial charge in [0.25, 0.3) is 0 Å². The molecule has 19 heavy (non-hydrogen) atoms. The molecule has 1 saturated heterocycles. The molecule has 1 aliphatic rings. The Hall–Kier alpha value is -1.40. The fourth-order valence-corrected chi connectivity index (χ4v) is 1.66. The molecule has 0 aromatic rings. The van der Waals surface area contributed by atoms with Crippen molar-refractivity contribution in [3.8, 4) is 0 Å². The summed E-state index contributed by atoms with van der Waals surface area (Å²) in [6.07, 6.45) is 4.39. The normalized spacial score (nSPS) is 20.9. The first-order valence-electron chi connectivity index (χ1n) is 6.39. The number of aliphatic hydroxyl groups excluding tert-OH is 1. The van der Waals surface area contributed by atoms with Gasteiger partial charge < -0.3 is 20.0 Å². The predicted octanol–water partition coefficient (Wildman–Crippen LogP) is 1.72. The zero-order valence-corrected chi connectivity index (χ0v) is 11.4. The summed E-state index contributed by atoms with van der Waals surface area (Å²) in [6.45, 7) is 4.71. The number of ether oxygens (including phenoxy) is 2. The van der Waals surface area contributed by atoms with Crippen LogP contribution in [0.1, 0.15) is 33.1 Å². The van der Waals surface area contributed by atoms with Crippen molar-refractivity contribution in [3.63, 3.8) is 0 Å². The molecule has 0 aliphatic carbocycles. The quantitative estimate of drug-likeness (QED) is 0.373. The summed E-state index contributed by atoms with van der Waals surface area (Å²) in [4.78, 5) is 10.2. The third-order valence-electron chi connectivity index (χ3n) is 2.98. The van der Waals surface area contributed by atoms with Crippen LogP contribution in [0.25, 0.3) is 0 Å². The number of carbonyl (C=O) groups is 1. The van der Waals surface area contributed by atoms with E-state index in [1.807, 2.05) is 13.8 Å². The minimum absolute atomic E-state index is 0.176. The van der Waals surface area contributed by atoms with Crippen LogP contribution in [0.15, 0.2) is 12.0 Å². The zero-order chi connectivity index (χ0) is 14.3. The van der Waals surface area contributed by atoms with E-state index in [1.54, 1.807) is 0 Å². The third kappa shape index (κ3) is 5.40. The first kappa shape index (κ1) is 15.7. The lowest BCUT2D eigenvalue weighted by Crippen LogP contribution is -2.33. The van der Waals surface area contributed by atoms with Crippen molar-refractivity contribution in [2.24, 2.45) is 5.41 Å². The van der Waals surface area contributed by atoms with Crippen LogP contribution in [0.3, 0.4) is 0 Å². The standard InChI is InChI=1S/C13H22N2O4/c1-13(2,10(14)7-11(17)15-9-16)8-19-12-5-3-4-6-18-12/h7,9,12,14,17H,3-6,8H2,1-2H3,(H,15,16)/b11-7-,14-10?. The number of hydrogen-bond donors (Lipinski definition) is 3. The minimum atomic E-state index is -0.570. The summed E-state index contributed by atoms with van der Waals surface area (Å²) < 4.78 is 11.1. The summed E-state index contributed by atoms with van der Waals surface area (Å²) in [6, 6.07) is 0. The summed E-state index contributed by atoms with van der Waals surface area (Å²) >= 11 is 0. The van der Waals surface area contributed by atoms with E-state index in [1.165, 1.54) is 6.08 Å². The van der Waals surface area contributed by atoms with Crippen molar-refractivity contribution in [1.29, 1.82) is 5.41 Å². The minimum Gasteiger partial charge on any atom is -0.494 e. The maximum Gasteiger partial charge on any atom is 0.213 e. The molecule has 108 valence electrons. The molecule has 1 heterocycles. The van der Waals surface area contributed by atoms with Crippen LogP contribution in [0.4, 0.5) is 0 Å². The Labute approximate surface area is 113 Å². The molecule has 1 unspecified atom stereocenters. The largest absolute Gasteiger partial charge is 0.494 e. The van der Waals surface area contributed by atoms with Crippen molar-refractivity contribution >= 4 is 12.1 Å². The topological polar surface area (TPSA) is 91.6 Å². The molecular weight excluding hydrogens is 248 g/mol. The van der Waals surface area contributed by atoms with Crippen molar-refractivity contribution in [1.82, 2.24) is 5.32 Å². The van der Waals surface area contributed by atoms with Gasteiger partial charge in [-0.2, -0.15) is 0 Å². The number of nitrogens with one attached hydrogen (secondary N) is 2. The molecular formula is C13H22N2O4. The molecule has 6 nitrogen and oxygen atoms in total. The molecule has 1 rings (SSSR count). The van der Waals surface area contributed by atoms with Crippen molar-refractivity contribution in [2.45, 2.75) is 39.4 Å². The molecule has 0 aromatic heterocycles. The molecule has 1 atom stereocenters. The van der Waals surface area contributed by atoms with Crippen LogP contribution < -0.4 is 5.32 Å². The Morgan fingerprint density at radius 3 is 2.89 bits per heavy atom. The molecule has 1 fully saturated rings. The Bertz CT molecular complexity index is 347. The summed E-state index contributed by atoms with van der Waals surface area (Å²) in [7, 11) is 0. The van der Waals surface area contributed by atoms with Gasteiger partial charge in [-0.3, -0.25) is 10.1 Å². The van der Waals surface area contributed by atoms with Gasteiger partial charge in [0.1, 0.15) is 0 Å². The highest BCUT2D eigenvalue weighted by molar-refractivity contribution is 5.97. The number of rotatable bonds is 7.